The lowest BCUT2D eigenvalue weighted by molar-refractivity contribution is 0.715. The van der Waals surface area contributed by atoms with Crippen LogP contribution in [-0.2, 0) is 0 Å². The van der Waals surface area contributed by atoms with E-state index < -0.39 is 0 Å². The number of halogens is 2. The summed E-state index contributed by atoms with van der Waals surface area (Å²) in [5, 5.41) is 0. The maximum atomic E-state index is 11.1. The van der Waals surface area contributed by atoms with E-state index in [4.69, 9.17) is 5.73 Å². The van der Waals surface area contributed by atoms with Gasteiger partial charge in [-0.25, -0.2) is 4.39 Å². The van der Waals surface area contributed by atoms with E-state index in [1.54, 1.807) is 0 Å². The molecule has 0 aromatic rings. The van der Waals surface area contributed by atoms with E-state index in [1.165, 1.54) is 0 Å². The molecule has 0 aliphatic carbocycles. The molecule has 0 aliphatic heterocycles. The Morgan fingerprint density at radius 1 is 2.00 bits per heavy atom. The van der Waals surface area contributed by atoms with Crippen LogP contribution in [0.25, 0.3) is 0 Å². The lowest BCUT2D eigenvalue weighted by Crippen LogP contribution is -1.96. The van der Waals surface area contributed by atoms with Gasteiger partial charge < -0.3 is 5.73 Å². The second-order valence-electron chi connectivity index (χ2n) is 0.760. The number of rotatable bonds is 1. The summed E-state index contributed by atoms with van der Waals surface area (Å²) in [5.41, 5.74) is 4.93. The molecule has 0 unspecified atom stereocenters. The Bertz CT molecular complexity index is 61.8. The van der Waals surface area contributed by atoms with Crippen molar-refractivity contribution in [3.63, 3.8) is 0 Å². The molecular formula is C3H5BrFN. The van der Waals surface area contributed by atoms with Crippen LogP contribution in [0.15, 0.2) is 10.8 Å². The number of hydrogen-bond donors (Lipinski definition) is 1. The molecule has 3 heteroatoms. The van der Waals surface area contributed by atoms with Gasteiger partial charge in [-0.15, -0.1) is 0 Å². The lowest BCUT2D eigenvalue weighted by Gasteiger charge is -1.80. The third-order valence-corrected chi connectivity index (χ3v) is 0.810. The van der Waals surface area contributed by atoms with Crippen molar-refractivity contribution in [2.45, 2.75) is 0 Å². The van der Waals surface area contributed by atoms with E-state index in [2.05, 4.69) is 15.9 Å². The summed E-state index contributed by atoms with van der Waals surface area (Å²) in [6, 6.07) is 0. The largest absolute Gasteiger partial charge is 0.326 e. The van der Waals surface area contributed by atoms with Gasteiger partial charge in [-0.1, -0.05) is 15.9 Å². The van der Waals surface area contributed by atoms with Crippen molar-refractivity contribution in [1.82, 2.24) is 0 Å². The average Bonchev–Trinajstić information content (AvgIpc) is 1.65. The molecule has 0 aliphatic rings. The fraction of sp³-hybridized carbons (Fsp3) is 0.333. The van der Waals surface area contributed by atoms with E-state index in [0.717, 1.165) is 0 Å². The van der Waals surface area contributed by atoms with Crippen LogP contribution < -0.4 is 5.73 Å². The minimum Gasteiger partial charge on any atom is -0.326 e. The van der Waals surface area contributed by atoms with Crippen molar-refractivity contribution in [2.24, 2.45) is 5.73 Å². The fourth-order valence-corrected chi connectivity index (χ4v) is 0.0445. The van der Waals surface area contributed by atoms with Crippen molar-refractivity contribution in [3.8, 4) is 0 Å². The van der Waals surface area contributed by atoms with Gasteiger partial charge in [-0.3, -0.25) is 0 Å². The quantitative estimate of drug-likeness (QED) is 0.602. The highest BCUT2D eigenvalue weighted by atomic mass is 79.9. The van der Waals surface area contributed by atoms with Gasteiger partial charge in [0.05, 0.1) is 6.33 Å². The Morgan fingerprint density at radius 2 is 2.50 bits per heavy atom. The van der Waals surface area contributed by atoms with Gasteiger partial charge in [0, 0.05) is 11.0 Å². The van der Waals surface area contributed by atoms with Crippen LogP contribution in [0, 0.1) is 0 Å². The van der Waals surface area contributed by atoms with Crippen molar-refractivity contribution in [2.75, 3.05) is 6.54 Å². The summed E-state index contributed by atoms with van der Waals surface area (Å²) in [6.45, 7) is 0.233. The van der Waals surface area contributed by atoms with Crippen LogP contribution in [0.2, 0.25) is 0 Å². The zero-order valence-corrected chi connectivity index (χ0v) is 4.70. The van der Waals surface area contributed by atoms with Crippen molar-refractivity contribution < 1.29 is 4.39 Å². The molecule has 0 rings (SSSR count). The summed E-state index contributed by atoms with van der Waals surface area (Å²) in [7, 11) is 0. The highest BCUT2D eigenvalue weighted by molar-refractivity contribution is 9.11. The molecule has 0 aromatic heterocycles. The van der Waals surface area contributed by atoms with Crippen LogP contribution in [0.1, 0.15) is 0 Å². The SMILES string of the molecule is NC/C(Br)=C\F. The summed E-state index contributed by atoms with van der Waals surface area (Å²) in [6.07, 6.45) is 0.431. The maximum Gasteiger partial charge on any atom is 0.0981 e. The standard InChI is InChI=1S/C3H5BrFN/c4-3(1-5)2-6/h1H,2,6H2/b3-1+. The van der Waals surface area contributed by atoms with Gasteiger partial charge in [0.2, 0.25) is 0 Å². The molecule has 36 valence electrons. The first-order chi connectivity index (χ1) is 2.81. The van der Waals surface area contributed by atoms with Gasteiger partial charge in [-0.05, 0) is 0 Å². The smallest absolute Gasteiger partial charge is 0.0981 e. The zero-order chi connectivity index (χ0) is 4.99. The fourth-order valence-electron chi connectivity index (χ4n) is 0.0445. The molecule has 2 N–H and O–H groups in total. The minimum atomic E-state index is 0.233. The molecule has 0 saturated carbocycles. The predicted molar refractivity (Wildman–Crippen MR) is 27.2 cm³/mol. The summed E-state index contributed by atoms with van der Waals surface area (Å²) in [4.78, 5) is 0. The first-order valence-electron chi connectivity index (χ1n) is 1.46. The van der Waals surface area contributed by atoms with Crippen molar-refractivity contribution in [1.29, 1.82) is 0 Å². The molecular weight excluding hydrogens is 149 g/mol. The molecule has 0 atom stereocenters. The minimum absolute atomic E-state index is 0.233. The monoisotopic (exact) mass is 153 g/mol. The Morgan fingerprint density at radius 3 is 2.50 bits per heavy atom. The molecule has 0 saturated heterocycles. The van der Waals surface area contributed by atoms with Crippen LogP contribution in [0.5, 0.6) is 0 Å². The second-order valence-corrected chi connectivity index (χ2v) is 1.78. The topological polar surface area (TPSA) is 26.0 Å². The molecule has 0 radical (unpaired) electrons. The molecule has 0 aromatic carbocycles. The average molecular weight is 154 g/mol. The van der Waals surface area contributed by atoms with E-state index in [9.17, 15) is 4.39 Å². The molecule has 6 heavy (non-hydrogen) atoms. The predicted octanol–water partition coefficient (Wildman–Crippen LogP) is 1.15. The molecule has 1 nitrogen and oxygen atoms in total. The maximum absolute atomic E-state index is 11.1. The normalized spacial score (nSPS) is 12.2. The van der Waals surface area contributed by atoms with Gasteiger partial charge in [0.1, 0.15) is 0 Å². The number of hydrogen-bond acceptors (Lipinski definition) is 1. The van der Waals surface area contributed by atoms with Gasteiger partial charge >= 0.3 is 0 Å². The molecule has 0 fully saturated rings. The summed E-state index contributed by atoms with van der Waals surface area (Å²) >= 11 is 2.84. The molecule has 0 amide bonds. The van der Waals surface area contributed by atoms with E-state index in [0.29, 0.717) is 10.8 Å². The van der Waals surface area contributed by atoms with Gasteiger partial charge in [0.15, 0.2) is 0 Å². The second kappa shape index (κ2) is 3.31. The summed E-state index contributed by atoms with van der Waals surface area (Å²) in [5.74, 6) is 0. The first kappa shape index (κ1) is 6.11. The third kappa shape index (κ3) is 2.35. The van der Waals surface area contributed by atoms with Crippen LogP contribution >= 0.6 is 15.9 Å². The molecule has 0 spiro atoms. The van der Waals surface area contributed by atoms with Crippen molar-refractivity contribution >= 4 is 15.9 Å². The highest BCUT2D eigenvalue weighted by Gasteiger charge is 1.79. The van der Waals surface area contributed by atoms with Crippen LogP contribution in [-0.4, -0.2) is 6.54 Å². The number of nitrogens with two attached hydrogens (primary N) is 1. The summed E-state index contributed by atoms with van der Waals surface area (Å²) < 4.78 is 11.5. The van der Waals surface area contributed by atoms with Crippen LogP contribution in [0.3, 0.4) is 0 Å². The third-order valence-electron chi connectivity index (χ3n) is 0.313. The van der Waals surface area contributed by atoms with Gasteiger partial charge in [0.25, 0.3) is 0 Å². The van der Waals surface area contributed by atoms with Crippen molar-refractivity contribution in [3.05, 3.63) is 10.8 Å². The Kier molecular flexibility index (Phi) is 3.37. The lowest BCUT2D eigenvalue weighted by atomic mass is 10.7. The Labute approximate surface area is 44.2 Å². The van der Waals surface area contributed by atoms with Crippen LogP contribution in [0.4, 0.5) is 4.39 Å². The van der Waals surface area contributed by atoms with E-state index in [-0.39, 0.29) is 6.54 Å². The molecule has 0 bridgehead atoms. The first-order valence-corrected chi connectivity index (χ1v) is 2.25. The van der Waals surface area contributed by atoms with E-state index in [1.807, 2.05) is 0 Å². The highest BCUT2D eigenvalue weighted by Crippen LogP contribution is 1.99. The Balaban J connectivity index is 3.22. The van der Waals surface area contributed by atoms with Gasteiger partial charge in [-0.2, -0.15) is 0 Å². The Hall–Kier alpha value is 0.110. The van der Waals surface area contributed by atoms with E-state index >= 15 is 0 Å². The molecule has 0 heterocycles. The zero-order valence-electron chi connectivity index (χ0n) is 3.12.